The Labute approximate surface area is 120 Å². The van der Waals surface area contributed by atoms with Crippen LogP contribution >= 0.6 is 0 Å². The van der Waals surface area contributed by atoms with Gasteiger partial charge in [0.15, 0.2) is 6.61 Å². The summed E-state index contributed by atoms with van der Waals surface area (Å²) in [7, 11) is 0. The molecule has 0 saturated heterocycles. The first-order valence-electron chi connectivity index (χ1n) is 6.14. The highest BCUT2D eigenvalue weighted by atomic mass is 16.5. The van der Waals surface area contributed by atoms with Gasteiger partial charge in [-0.05, 0) is 12.1 Å². The summed E-state index contributed by atoms with van der Waals surface area (Å²) in [6.07, 6.45) is 0. The van der Waals surface area contributed by atoms with E-state index in [9.17, 15) is 4.79 Å². The van der Waals surface area contributed by atoms with Crippen molar-refractivity contribution in [2.75, 3.05) is 13.3 Å². The Morgan fingerprint density at radius 1 is 1.52 bits per heavy atom. The molecule has 0 aliphatic rings. The van der Waals surface area contributed by atoms with Gasteiger partial charge in [0.05, 0.1) is 24.5 Å². The number of hydrogen-bond acceptors (Lipinski definition) is 6. The smallest absolute Gasteiger partial charge is 0.325 e. The molecule has 2 aromatic rings. The second kappa shape index (κ2) is 6.69. The number of fused-ring (bicyclic) bond motifs is 1. The van der Waals surface area contributed by atoms with Crippen LogP contribution in [0.3, 0.4) is 0 Å². The quantitative estimate of drug-likeness (QED) is 0.710. The monoisotopic (exact) mass is 290 g/mol. The van der Waals surface area contributed by atoms with Crippen molar-refractivity contribution in [3.63, 3.8) is 0 Å². The maximum absolute atomic E-state index is 10.9. The maximum Gasteiger partial charge on any atom is 0.325 e. The first-order chi connectivity index (χ1) is 10.2. The molecule has 8 heteroatoms. The minimum absolute atomic E-state index is 0.0522. The standard InChI is InChI=1S/C13H14N4O4/c14-3-4-21-9-1-2-10-11(7-20-8-15)16-17(6-13(18)19)12(10)5-9/h1-2,5H,4,6-8,15H2,(H,18,19). The van der Waals surface area contributed by atoms with E-state index < -0.39 is 5.97 Å². The minimum Gasteiger partial charge on any atom is -0.480 e. The molecule has 0 radical (unpaired) electrons. The molecule has 0 spiro atoms. The lowest BCUT2D eigenvalue weighted by Crippen LogP contribution is -2.11. The van der Waals surface area contributed by atoms with E-state index in [4.69, 9.17) is 25.6 Å². The highest BCUT2D eigenvalue weighted by Crippen LogP contribution is 2.24. The van der Waals surface area contributed by atoms with E-state index in [-0.39, 0.29) is 26.5 Å². The van der Waals surface area contributed by atoms with E-state index in [0.29, 0.717) is 17.0 Å². The molecule has 0 unspecified atom stereocenters. The Hall–Kier alpha value is -2.63. The van der Waals surface area contributed by atoms with Crippen LogP contribution in [0, 0.1) is 11.3 Å². The fraction of sp³-hybridized carbons (Fsp3) is 0.308. The Bertz CT molecular complexity index is 689. The van der Waals surface area contributed by atoms with Crippen LogP contribution in [0.15, 0.2) is 18.2 Å². The molecule has 0 atom stereocenters. The largest absolute Gasteiger partial charge is 0.480 e. The molecule has 0 saturated carbocycles. The Morgan fingerprint density at radius 3 is 3.00 bits per heavy atom. The maximum atomic E-state index is 10.9. The predicted octanol–water partition coefficient (Wildman–Crippen LogP) is 0.456. The van der Waals surface area contributed by atoms with Gasteiger partial charge in [0.25, 0.3) is 0 Å². The minimum atomic E-state index is -1.01. The SMILES string of the molecule is N#CCOc1ccc2c(COCN)nn(CC(=O)O)c2c1. The highest BCUT2D eigenvalue weighted by molar-refractivity contribution is 5.84. The van der Waals surface area contributed by atoms with Gasteiger partial charge in [0.2, 0.25) is 0 Å². The number of hydrogen-bond donors (Lipinski definition) is 2. The van der Waals surface area contributed by atoms with Gasteiger partial charge < -0.3 is 20.3 Å². The van der Waals surface area contributed by atoms with Gasteiger partial charge in [-0.1, -0.05) is 0 Å². The number of rotatable bonds is 7. The summed E-state index contributed by atoms with van der Waals surface area (Å²) in [5.74, 6) is -0.532. The molecule has 3 N–H and O–H groups in total. The molecule has 1 aromatic carbocycles. The zero-order valence-electron chi connectivity index (χ0n) is 11.2. The van der Waals surface area contributed by atoms with Crippen LogP contribution < -0.4 is 10.5 Å². The first-order valence-corrected chi connectivity index (χ1v) is 6.14. The van der Waals surface area contributed by atoms with Crippen LogP contribution in [0.5, 0.6) is 5.75 Å². The number of carboxylic acid groups (broad SMARTS) is 1. The lowest BCUT2D eigenvalue weighted by Gasteiger charge is -2.03. The van der Waals surface area contributed by atoms with Crippen LogP contribution in [-0.2, 0) is 22.7 Å². The van der Waals surface area contributed by atoms with Crippen molar-refractivity contribution in [1.29, 1.82) is 5.26 Å². The van der Waals surface area contributed by atoms with Gasteiger partial charge in [-0.15, -0.1) is 0 Å². The molecule has 0 amide bonds. The van der Waals surface area contributed by atoms with Crippen molar-refractivity contribution in [2.24, 2.45) is 5.73 Å². The number of nitrogens with zero attached hydrogens (tertiary/aromatic N) is 3. The average molecular weight is 290 g/mol. The fourth-order valence-corrected chi connectivity index (χ4v) is 1.94. The number of carboxylic acids is 1. The predicted molar refractivity (Wildman–Crippen MR) is 72.3 cm³/mol. The zero-order chi connectivity index (χ0) is 15.2. The van der Waals surface area contributed by atoms with Crippen LogP contribution in [-0.4, -0.2) is 34.2 Å². The summed E-state index contributed by atoms with van der Waals surface area (Å²) < 4.78 is 11.7. The molecule has 1 aromatic heterocycles. The first kappa shape index (κ1) is 14.8. The van der Waals surface area contributed by atoms with E-state index in [0.717, 1.165) is 5.39 Å². The van der Waals surface area contributed by atoms with Gasteiger partial charge in [0.1, 0.15) is 18.4 Å². The van der Waals surface area contributed by atoms with Gasteiger partial charge in [-0.3, -0.25) is 9.48 Å². The van der Waals surface area contributed by atoms with Crippen LogP contribution in [0.4, 0.5) is 0 Å². The highest BCUT2D eigenvalue weighted by Gasteiger charge is 2.13. The van der Waals surface area contributed by atoms with Gasteiger partial charge in [-0.2, -0.15) is 10.4 Å². The van der Waals surface area contributed by atoms with Crippen molar-refractivity contribution < 1.29 is 19.4 Å². The number of aromatic nitrogens is 2. The van der Waals surface area contributed by atoms with Crippen molar-refractivity contribution >= 4 is 16.9 Å². The Kier molecular flexibility index (Phi) is 4.71. The average Bonchev–Trinajstić information content (AvgIpc) is 2.79. The molecule has 2 rings (SSSR count). The number of nitriles is 1. The van der Waals surface area contributed by atoms with E-state index in [2.05, 4.69) is 5.10 Å². The van der Waals surface area contributed by atoms with E-state index >= 15 is 0 Å². The third-order valence-electron chi connectivity index (χ3n) is 2.74. The zero-order valence-corrected chi connectivity index (χ0v) is 11.2. The van der Waals surface area contributed by atoms with E-state index in [1.807, 2.05) is 6.07 Å². The normalized spacial score (nSPS) is 10.5. The Morgan fingerprint density at radius 2 is 2.33 bits per heavy atom. The van der Waals surface area contributed by atoms with Crippen LogP contribution in [0.1, 0.15) is 5.69 Å². The summed E-state index contributed by atoms with van der Waals surface area (Å²) in [6.45, 7) is -0.114. The van der Waals surface area contributed by atoms with Crippen LogP contribution in [0.2, 0.25) is 0 Å². The third-order valence-corrected chi connectivity index (χ3v) is 2.74. The lowest BCUT2D eigenvalue weighted by molar-refractivity contribution is -0.137. The van der Waals surface area contributed by atoms with Crippen molar-refractivity contribution in [3.8, 4) is 11.8 Å². The van der Waals surface area contributed by atoms with Gasteiger partial charge in [-0.25, -0.2) is 0 Å². The number of ether oxygens (including phenoxy) is 2. The fourth-order valence-electron chi connectivity index (χ4n) is 1.94. The topological polar surface area (TPSA) is 123 Å². The van der Waals surface area contributed by atoms with E-state index in [1.165, 1.54) is 4.68 Å². The number of carbonyl (C=O) groups is 1. The third kappa shape index (κ3) is 3.47. The number of benzene rings is 1. The molecule has 0 bridgehead atoms. The van der Waals surface area contributed by atoms with Crippen LogP contribution in [0.25, 0.3) is 10.9 Å². The lowest BCUT2D eigenvalue weighted by atomic mass is 10.2. The molecule has 8 nitrogen and oxygen atoms in total. The van der Waals surface area contributed by atoms with Gasteiger partial charge in [0, 0.05) is 11.5 Å². The molecule has 110 valence electrons. The van der Waals surface area contributed by atoms with Gasteiger partial charge >= 0.3 is 5.97 Å². The molecule has 21 heavy (non-hydrogen) atoms. The second-order valence-corrected chi connectivity index (χ2v) is 4.14. The summed E-state index contributed by atoms with van der Waals surface area (Å²) in [5.41, 5.74) is 6.49. The molecule has 0 fully saturated rings. The number of nitrogens with two attached hydrogens (primary N) is 1. The molecule has 1 heterocycles. The molecule has 0 aliphatic heterocycles. The molecule has 0 aliphatic carbocycles. The van der Waals surface area contributed by atoms with Crippen molar-refractivity contribution in [3.05, 3.63) is 23.9 Å². The Balaban J connectivity index is 2.42. The van der Waals surface area contributed by atoms with Crippen molar-refractivity contribution in [1.82, 2.24) is 9.78 Å². The number of aliphatic carboxylic acids is 1. The summed E-state index contributed by atoms with van der Waals surface area (Å²) in [6, 6.07) is 6.96. The second-order valence-electron chi connectivity index (χ2n) is 4.14. The summed E-state index contributed by atoms with van der Waals surface area (Å²) >= 11 is 0. The van der Waals surface area contributed by atoms with Crippen molar-refractivity contribution in [2.45, 2.75) is 13.2 Å². The molecular weight excluding hydrogens is 276 g/mol. The molecular formula is C13H14N4O4. The summed E-state index contributed by atoms with van der Waals surface area (Å²) in [5, 5.41) is 22.4. The van der Waals surface area contributed by atoms with E-state index in [1.54, 1.807) is 18.2 Å². The summed E-state index contributed by atoms with van der Waals surface area (Å²) in [4.78, 5) is 10.9.